The molecule has 0 aromatic carbocycles. The van der Waals surface area contributed by atoms with Crippen LogP contribution in [-0.4, -0.2) is 24.8 Å². The van der Waals surface area contributed by atoms with Crippen LogP contribution in [0.3, 0.4) is 0 Å². The van der Waals surface area contributed by atoms with E-state index >= 15 is 0 Å². The maximum absolute atomic E-state index is 5.72. The van der Waals surface area contributed by atoms with Crippen LogP contribution in [0.4, 0.5) is 0 Å². The van der Waals surface area contributed by atoms with Crippen LogP contribution in [0.25, 0.3) is 0 Å². The Morgan fingerprint density at radius 2 is 2.18 bits per heavy atom. The molecule has 0 aliphatic carbocycles. The lowest BCUT2D eigenvalue weighted by Crippen LogP contribution is -2.40. The predicted octanol–water partition coefficient (Wildman–Crippen LogP) is 1.55. The highest BCUT2D eigenvalue weighted by Gasteiger charge is 2.19. The molecule has 0 spiro atoms. The van der Waals surface area contributed by atoms with Crippen molar-refractivity contribution in [3.63, 3.8) is 0 Å². The van der Waals surface area contributed by atoms with Gasteiger partial charge in [0.15, 0.2) is 0 Å². The fraction of sp³-hybridized carbons (Fsp3) is 1.00. The average Bonchev–Trinajstić information content (AvgIpc) is 1.85. The first-order chi connectivity index (χ1) is 5.18. The molecule has 0 aromatic rings. The molecule has 2 heteroatoms. The minimum atomic E-state index is 0.380. The molecule has 0 aromatic heterocycles. The van der Waals surface area contributed by atoms with Gasteiger partial charge >= 0.3 is 0 Å². The first-order valence-corrected chi connectivity index (χ1v) is 4.57. The van der Waals surface area contributed by atoms with Crippen molar-refractivity contribution in [1.29, 1.82) is 0 Å². The summed E-state index contributed by atoms with van der Waals surface area (Å²) in [6, 6.07) is 0.632. The summed E-state index contributed by atoms with van der Waals surface area (Å²) >= 11 is 0. The van der Waals surface area contributed by atoms with Crippen molar-refractivity contribution < 1.29 is 4.74 Å². The van der Waals surface area contributed by atoms with Gasteiger partial charge in [0.25, 0.3) is 0 Å². The summed E-state index contributed by atoms with van der Waals surface area (Å²) in [5.74, 6) is 0. The minimum Gasteiger partial charge on any atom is -0.375 e. The molecule has 0 bridgehead atoms. The normalized spacial score (nSPS) is 32.7. The van der Waals surface area contributed by atoms with Crippen LogP contribution in [0.5, 0.6) is 0 Å². The molecule has 66 valence electrons. The Balaban J connectivity index is 2.23. The van der Waals surface area contributed by atoms with Crippen LogP contribution in [0.1, 0.15) is 33.6 Å². The molecule has 1 fully saturated rings. The summed E-state index contributed by atoms with van der Waals surface area (Å²) in [4.78, 5) is 0. The molecule has 1 aliphatic rings. The van der Waals surface area contributed by atoms with Gasteiger partial charge in [0.05, 0.1) is 12.2 Å². The van der Waals surface area contributed by atoms with Crippen LogP contribution in [0, 0.1) is 0 Å². The Morgan fingerprint density at radius 1 is 1.45 bits per heavy atom. The predicted molar refractivity (Wildman–Crippen MR) is 46.7 cm³/mol. The molecule has 1 saturated heterocycles. The molecule has 1 rings (SSSR count). The van der Waals surface area contributed by atoms with Gasteiger partial charge in [-0.1, -0.05) is 0 Å². The summed E-state index contributed by atoms with van der Waals surface area (Å²) in [7, 11) is 0. The van der Waals surface area contributed by atoms with E-state index in [-0.39, 0.29) is 0 Å². The number of piperidine rings is 1. The molecule has 0 radical (unpaired) electrons. The lowest BCUT2D eigenvalue weighted by molar-refractivity contribution is -0.0150. The Bertz CT molecular complexity index is 112. The van der Waals surface area contributed by atoms with E-state index < -0.39 is 0 Å². The Morgan fingerprint density at radius 3 is 2.73 bits per heavy atom. The van der Waals surface area contributed by atoms with Gasteiger partial charge in [0.2, 0.25) is 0 Å². The van der Waals surface area contributed by atoms with E-state index in [9.17, 15) is 0 Å². The van der Waals surface area contributed by atoms with Gasteiger partial charge in [-0.2, -0.15) is 0 Å². The van der Waals surface area contributed by atoms with E-state index in [2.05, 4.69) is 26.1 Å². The number of ether oxygens (including phenoxy) is 1. The maximum atomic E-state index is 5.72. The molecule has 0 amide bonds. The molecule has 0 saturated carbocycles. The lowest BCUT2D eigenvalue weighted by atomic mass is 10.0. The van der Waals surface area contributed by atoms with Gasteiger partial charge in [-0.3, -0.25) is 0 Å². The van der Waals surface area contributed by atoms with E-state index in [4.69, 9.17) is 4.74 Å². The fourth-order valence-electron chi connectivity index (χ4n) is 1.59. The fourth-order valence-corrected chi connectivity index (χ4v) is 1.59. The van der Waals surface area contributed by atoms with Crippen molar-refractivity contribution in [1.82, 2.24) is 5.32 Å². The summed E-state index contributed by atoms with van der Waals surface area (Å²) < 4.78 is 5.72. The second-order valence-corrected chi connectivity index (χ2v) is 3.69. The summed E-state index contributed by atoms with van der Waals surface area (Å²) in [6.45, 7) is 7.54. The average molecular weight is 157 g/mol. The van der Waals surface area contributed by atoms with Crippen molar-refractivity contribution in [2.24, 2.45) is 0 Å². The minimum absolute atomic E-state index is 0.380. The van der Waals surface area contributed by atoms with E-state index in [1.165, 1.54) is 6.42 Å². The largest absolute Gasteiger partial charge is 0.375 e. The van der Waals surface area contributed by atoms with E-state index in [0.717, 1.165) is 13.0 Å². The maximum Gasteiger partial charge on any atom is 0.0605 e. The molecule has 2 atom stereocenters. The van der Waals surface area contributed by atoms with Crippen LogP contribution >= 0.6 is 0 Å². The summed E-state index contributed by atoms with van der Waals surface area (Å²) in [5, 5.41) is 3.41. The number of rotatable bonds is 2. The number of hydrogen-bond donors (Lipinski definition) is 1. The van der Waals surface area contributed by atoms with Crippen molar-refractivity contribution in [2.75, 3.05) is 6.54 Å². The highest BCUT2D eigenvalue weighted by molar-refractivity contribution is 4.75. The van der Waals surface area contributed by atoms with Crippen molar-refractivity contribution in [2.45, 2.75) is 51.9 Å². The molecule has 2 nitrogen and oxygen atoms in total. The zero-order valence-corrected chi connectivity index (χ0v) is 7.76. The second-order valence-electron chi connectivity index (χ2n) is 3.69. The molecule has 0 unspecified atom stereocenters. The van der Waals surface area contributed by atoms with Gasteiger partial charge < -0.3 is 10.1 Å². The second kappa shape index (κ2) is 4.07. The van der Waals surface area contributed by atoms with Crippen LogP contribution < -0.4 is 5.32 Å². The third-order valence-corrected chi connectivity index (χ3v) is 2.04. The van der Waals surface area contributed by atoms with Crippen molar-refractivity contribution in [3.05, 3.63) is 0 Å². The lowest BCUT2D eigenvalue weighted by Gasteiger charge is -2.29. The van der Waals surface area contributed by atoms with Gasteiger partial charge in [0, 0.05) is 6.04 Å². The first kappa shape index (κ1) is 9.01. The first-order valence-electron chi connectivity index (χ1n) is 4.57. The quantitative estimate of drug-likeness (QED) is 0.656. The smallest absolute Gasteiger partial charge is 0.0605 e. The third kappa shape index (κ3) is 3.21. The van der Waals surface area contributed by atoms with Crippen molar-refractivity contribution >= 4 is 0 Å². The molecular formula is C9H19NO. The Hall–Kier alpha value is -0.0800. The monoisotopic (exact) mass is 157 g/mol. The zero-order valence-electron chi connectivity index (χ0n) is 7.76. The van der Waals surface area contributed by atoms with Crippen LogP contribution in [-0.2, 0) is 4.74 Å². The molecule has 1 heterocycles. The number of nitrogens with one attached hydrogen (secondary N) is 1. The Kier molecular flexibility index (Phi) is 3.34. The van der Waals surface area contributed by atoms with E-state index in [1.54, 1.807) is 0 Å². The molecule has 1 N–H and O–H groups in total. The highest BCUT2D eigenvalue weighted by Crippen LogP contribution is 2.13. The topological polar surface area (TPSA) is 21.3 Å². The van der Waals surface area contributed by atoms with Gasteiger partial charge in [-0.05, 0) is 40.2 Å². The summed E-state index contributed by atoms with van der Waals surface area (Å²) in [6.07, 6.45) is 3.21. The van der Waals surface area contributed by atoms with Crippen LogP contribution in [0.15, 0.2) is 0 Å². The molecular weight excluding hydrogens is 138 g/mol. The third-order valence-electron chi connectivity index (χ3n) is 2.04. The van der Waals surface area contributed by atoms with Crippen molar-refractivity contribution in [3.8, 4) is 0 Å². The SMILES string of the molecule is CC(C)O[C@@H]1CCN[C@H](C)C1. The standard InChI is InChI=1S/C9H19NO/c1-7(2)11-9-4-5-10-8(3)6-9/h7-10H,4-6H2,1-3H3/t8-,9-/m1/s1. The molecule has 11 heavy (non-hydrogen) atoms. The van der Waals surface area contributed by atoms with Gasteiger partial charge in [0.1, 0.15) is 0 Å². The number of hydrogen-bond acceptors (Lipinski definition) is 2. The summed E-state index contributed by atoms with van der Waals surface area (Å²) in [5.41, 5.74) is 0. The van der Waals surface area contributed by atoms with Gasteiger partial charge in [-0.25, -0.2) is 0 Å². The van der Waals surface area contributed by atoms with E-state index in [0.29, 0.717) is 18.2 Å². The van der Waals surface area contributed by atoms with Gasteiger partial charge in [-0.15, -0.1) is 0 Å². The molecule has 1 aliphatic heterocycles. The van der Waals surface area contributed by atoms with Crippen LogP contribution in [0.2, 0.25) is 0 Å². The zero-order chi connectivity index (χ0) is 8.27. The van der Waals surface area contributed by atoms with E-state index in [1.807, 2.05) is 0 Å². The Labute approximate surface area is 69.3 Å². The highest BCUT2D eigenvalue weighted by atomic mass is 16.5.